The molecule has 0 bridgehead atoms. The van der Waals surface area contributed by atoms with E-state index in [1.165, 1.54) is 28.6 Å². The zero-order valence-electron chi connectivity index (χ0n) is 21.5. The van der Waals surface area contributed by atoms with E-state index in [4.69, 9.17) is 0 Å². The van der Waals surface area contributed by atoms with Crippen LogP contribution in [0.1, 0.15) is 25.3 Å². The van der Waals surface area contributed by atoms with Crippen LogP contribution in [0.2, 0.25) is 0 Å². The lowest BCUT2D eigenvalue weighted by Crippen LogP contribution is -2.61. The molecule has 218 valence electrons. The van der Waals surface area contributed by atoms with E-state index >= 15 is 0 Å². The van der Waals surface area contributed by atoms with E-state index in [1.807, 2.05) is 4.90 Å². The highest BCUT2D eigenvalue weighted by Gasteiger charge is 2.51. The molecule has 1 saturated carbocycles. The van der Waals surface area contributed by atoms with Crippen molar-refractivity contribution in [3.8, 4) is 0 Å². The number of sulfonamides is 1. The summed E-state index contributed by atoms with van der Waals surface area (Å²) in [7, 11) is -6.35. The summed E-state index contributed by atoms with van der Waals surface area (Å²) in [4.78, 5) is 4.25. The van der Waals surface area contributed by atoms with Gasteiger partial charge >= 0.3 is 6.18 Å². The maximum atomic E-state index is 13.4. The van der Waals surface area contributed by atoms with Gasteiger partial charge in [-0.05, 0) is 54.8 Å². The number of halogens is 3. The van der Waals surface area contributed by atoms with Gasteiger partial charge in [0, 0.05) is 44.5 Å². The van der Waals surface area contributed by atoms with Crippen LogP contribution < -0.4 is 4.90 Å². The molecule has 0 unspecified atom stereocenters. The first-order valence-electron chi connectivity index (χ1n) is 12.9. The standard InChI is InChI=1S/C25H34F3N3O5S3/c1-24(32,25(26,27)28)19-6-8-20(9-7-19)31-11-10-30(39(35,36)23-3-2-13-37-23)16-21(31)15-29-12-14-38(33,34)17-22(29)18-4-5-18/h2-3,6-9,13,18,21-22,32-34H,4-5,10-12,14-17H2,1H3/t21-,22+,24+/m0/s1. The third-order valence-electron chi connectivity index (χ3n) is 8.07. The molecule has 3 aliphatic rings. The van der Waals surface area contributed by atoms with Gasteiger partial charge in [0.25, 0.3) is 10.0 Å². The topological polar surface area (TPSA) is 105 Å². The van der Waals surface area contributed by atoms with Crippen LogP contribution in [0.3, 0.4) is 0 Å². The minimum absolute atomic E-state index is 0.000798. The van der Waals surface area contributed by atoms with Crippen LogP contribution in [0.15, 0.2) is 46.0 Å². The van der Waals surface area contributed by atoms with Crippen molar-refractivity contribution in [1.29, 1.82) is 0 Å². The number of aliphatic hydroxyl groups is 1. The number of benzene rings is 1. The highest BCUT2D eigenvalue weighted by atomic mass is 32.3. The first-order valence-corrected chi connectivity index (χ1v) is 17.1. The van der Waals surface area contributed by atoms with Crippen molar-refractivity contribution >= 4 is 37.6 Å². The third-order valence-corrected chi connectivity index (χ3v) is 13.0. The summed E-state index contributed by atoms with van der Waals surface area (Å²) in [6, 6.07) is 8.55. The summed E-state index contributed by atoms with van der Waals surface area (Å²) in [6.45, 7) is 2.42. The van der Waals surface area contributed by atoms with Gasteiger partial charge in [-0.15, -0.1) is 11.3 Å². The molecule has 1 aromatic carbocycles. The molecule has 1 aliphatic carbocycles. The van der Waals surface area contributed by atoms with E-state index in [1.54, 1.807) is 17.5 Å². The van der Waals surface area contributed by atoms with Crippen molar-refractivity contribution in [1.82, 2.24) is 9.21 Å². The number of rotatable bonds is 7. The Morgan fingerprint density at radius 3 is 2.36 bits per heavy atom. The maximum Gasteiger partial charge on any atom is 0.421 e. The van der Waals surface area contributed by atoms with Crippen molar-refractivity contribution in [3.05, 3.63) is 47.3 Å². The molecule has 1 aromatic heterocycles. The largest absolute Gasteiger partial charge is 0.421 e. The Kier molecular flexibility index (Phi) is 7.81. The Morgan fingerprint density at radius 1 is 1.08 bits per heavy atom. The van der Waals surface area contributed by atoms with Crippen molar-refractivity contribution < 1.29 is 35.8 Å². The summed E-state index contributed by atoms with van der Waals surface area (Å²) < 4.78 is 89.3. The molecule has 3 N–H and O–H groups in total. The van der Waals surface area contributed by atoms with E-state index < -0.39 is 32.4 Å². The van der Waals surface area contributed by atoms with Crippen molar-refractivity contribution in [3.63, 3.8) is 0 Å². The molecule has 2 aromatic rings. The predicted octanol–water partition coefficient (Wildman–Crippen LogP) is 4.24. The van der Waals surface area contributed by atoms with E-state index in [0.717, 1.165) is 31.1 Å². The molecule has 39 heavy (non-hydrogen) atoms. The molecule has 2 saturated heterocycles. The molecule has 3 heterocycles. The molecule has 3 fully saturated rings. The van der Waals surface area contributed by atoms with Crippen LogP contribution in [0.4, 0.5) is 18.9 Å². The van der Waals surface area contributed by atoms with Gasteiger partial charge in [-0.3, -0.25) is 14.0 Å². The highest BCUT2D eigenvalue weighted by molar-refractivity contribution is 8.24. The highest BCUT2D eigenvalue weighted by Crippen LogP contribution is 2.49. The maximum absolute atomic E-state index is 13.4. The number of alkyl halides is 3. The fourth-order valence-corrected chi connectivity index (χ4v) is 9.86. The van der Waals surface area contributed by atoms with Crippen molar-refractivity contribution in [2.24, 2.45) is 5.92 Å². The second-order valence-corrected chi connectivity index (χ2v) is 16.3. The SMILES string of the molecule is C[C@@](O)(c1ccc(N2CCN(S(=O)(=O)c3cccs3)C[C@@H]2CN2CCS(O)(O)C[C@@H]2C2CC2)cc1)C(F)(F)F. The zero-order chi connectivity index (χ0) is 28.2. The van der Waals surface area contributed by atoms with Crippen LogP contribution in [0.25, 0.3) is 0 Å². The van der Waals surface area contributed by atoms with Gasteiger partial charge in [-0.1, -0.05) is 18.2 Å². The molecule has 2 aliphatic heterocycles. The van der Waals surface area contributed by atoms with E-state index in [9.17, 15) is 35.8 Å². The Hall–Kier alpha value is -1.39. The summed E-state index contributed by atoms with van der Waals surface area (Å²) in [5.74, 6) is 0.952. The third kappa shape index (κ3) is 5.98. The molecule has 3 atom stereocenters. The van der Waals surface area contributed by atoms with Gasteiger partial charge in [0.15, 0.2) is 5.60 Å². The van der Waals surface area contributed by atoms with Gasteiger partial charge in [0.05, 0.1) is 17.5 Å². The number of nitrogens with zero attached hydrogens (tertiary/aromatic N) is 3. The summed E-state index contributed by atoms with van der Waals surface area (Å²) in [5.41, 5.74) is -2.63. The first kappa shape index (κ1) is 29.1. The fraction of sp³-hybridized carbons (Fsp3) is 0.600. The van der Waals surface area contributed by atoms with Crippen LogP contribution in [0, 0.1) is 5.92 Å². The quantitative estimate of drug-likeness (QED) is 0.432. The molecule has 14 heteroatoms. The Labute approximate surface area is 232 Å². The monoisotopic (exact) mass is 609 g/mol. The Balaban J connectivity index is 1.42. The van der Waals surface area contributed by atoms with Gasteiger partial charge < -0.3 is 10.0 Å². The minimum Gasteiger partial charge on any atom is -0.376 e. The zero-order valence-corrected chi connectivity index (χ0v) is 23.9. The summed E-state index contributed by atoms with van der Waals surface area (Å²) >= 11 is 1.15. The van der Waals surface area contributed by atoms with Gasteiger partial charge in [-0.2, -0.15) is 28.1 Å². The number of hydrogen-bond donors (Lipinski definition) is 3. The predicted molar refractivity (Wildman–Crippen MR) is 147 cm³/mol. The lowest BCUT2D eigenvalue weighted by atomic mass is 9.95. The van der Waals surface area contributed by atoms with Crippen LogP contribution in [-0.4, -0.2) is 94.3 Å². The van der Waals surface area contributed by atoms with Gasteiger partial charge in [-0.25, -0.2) is 8.42 Å². The number of hydrogen-bond acceptors (Lipinski definition) is 8. The summed E-state index contributed by atoms with van der Waals surface area (Å²) in [6.07, 6.45) is -2.80. The molecule has 0 spiro atoms. The lowest BCUT2D eigenvalue weighted by molar-refractivity contribution is -0.258. The fourth-order valence-electron chi connectivity index (χ4n) is 5.52. The average Bonchev–Trinajstić information content (AvgIpc) is 3.56. The Bertz CT molecular complexity index is 1250. The smallest absolute Gasteiger partial charge is 0.376 e. The molecular weight excluding hydrogens is 575 g/mol. The average molecular weight is 610 g/mol. The van der Waals surface area contributed by atoms with Gasteiger partial charge in [0.2, 0.25) is 0 Å². The van der Waals surface area contributed by atoms with E-state index in [2.05, 4.69) is 4.90 Å². The second-order valence-electron chi connectivity index (χ2n) is 10.8. The molecule has 0 radical (unpaired) electrons. The Morgan fingerprint density at radius 2 is 1.77 bits per heavy atom. The number of thiophene rings is 1. The lowest BCUT2D eigenvalue weighted by Gasteiger charge is -2.50. The van der Waals surface area contributed by atoms with Crippen LogP contribution in [0.5, 0.6) is 0 Å². The summed E-state index contributed by atoms with van der Waals surface area (Å²) in [5, 5.41) is 11.8. The van der Waals surface area contributed by atoms with E-state index in [0.29, 0.717) is 37.0 Å². The molecule has 5 rings (SSSR count). The van der Waals surface area contributed by atoms with Crippen molar-refractivity contribution in [2.75, 3.05) is 49.1 Å². The minimum atomic E-state index is -4.83. The molecular formula is C25H34F3N3O5S3. The normalized spacial score (nSPS) is 27.7. The second kappa shape index (κ2) is 10.5. The van der Waals surface area contributed by atoms with E-state index in [-0.39, 0.29) is 40.7 Å². The first-order chi connectivity index (χ1) is 18.2. The molecule has 8 nitrogen and oxygen atoms in total. The number of piperazine rings is 1. The molecule has 0 amide bonds. The van der Waals surface area contributed by atoms with Crippen LogP contribution in [-0.2, 0) is 15.6 Å². The number of anilines is 1. The van der Waals surface area contributed by atoms with Crippen LogP contribution >= 0.6 is 21.9 Å². The van der Waals surface area contributed by atoms with Crippen molar-refractivity contribution in [2.45, 2.75) is 47.8 Å². The van der Waals surface area contributed by atoms with Gasteiger partial charge in [0.1, 0.15) is 4.21 Å².